The number of fused-ring (bicyclic) bond motifs is 4. The van der Waals surface area contributed by atoms with E-state index in [4.69, 9.17) is 39.6 Å². The molecule has 2 unspecified atom stereocenters. The molecule has 73 heavy (non-hydrogen) atoms. The molecule has 0 bridgehead atoms. The molecule has 0 spiro atoms. The molecule has 6 aromatic carbocycles. The molecule has 6 aromatic rings. The minimum Gasteiger partial charge on any atom is -0.473 e. The third-order valence-corrected chi connectivity index (χ3v) is 13.3. The number of carbonyl (C=O) groups is 6. The third-order valence-electron chi connectivity index (χ3n) is 13.3. The Morgan fingerprint density at radius 3 is 0.918 bits per heavy atom. The smallest absolute Gasteiger partial charge is 0.414 e. The number of carboxylic acid groups (broad SMARTS) is 4. The van der Waals surface area contributed by atoms with Gasteiger partial charge in [0, 0.05) is 26.2 Å². The van der Waals surface area contributed by atoms with Gasteiger partial charge in [0.1, 0.15) is 0 Å². The van der Waals surface area contributed by atoms with Crippen molar-refractivity contribution in [1.29, 1.82) is 0 Å². The van der Waals surface area contributed by atoms with Gasteiger partial charge in [-0.05, 0) is 122 Å². The average molecular weight is 991 g/mol. The number of para-hydroxylation sites is 4. The standard InChI is InChI=1S/2C27H28N2O.2C2H2O4.H2O/c2*30-27(24-13-8-18-28(20-24)19-21-9-2-1-3-10-21)29-25-14-6-4-11-22(25)16-17-23-12-5-7-15-26(23)29;2*3-1(4)2(5)6;/h2*1-7,9-12,14-15,24H,8,13,16-20H2;2*(H,3,4)(H,5,6);1H2. The first-order chi connectivity index (χ1) is 34.9. The number of aryl methyl sites for hydroxylation is 4. The number of hydrogen-bond donors (Lipinski definition) is 4. The van der Waals surface area contributed by atoms with Gasteiger partial charge >= 0.3 is 23.9 Å². The number of benzene rings is 6. The first-order valence-electron chi connectivity index (χ1n) is 24.3. The molecule has 380 valence electrons. The number of anilines is 4. The van der Waals surface area contributed by atoms with E-state index in [0.717, 1.165) is 113 Å². The molecule has 4 heterocycles. The van der Waals surface area contributed by atoms with Gasteiger partial charge in [0.2, 0.25) is 11.8 Å². The molecule has 4 aliphatic heterocycles. The van der Waals surface area contributed by atoms with E-state index in [1.807, 2.05) is 9.80 Å². The number of rotatable bonds is 6. The first kappa shape index (κ1) is 54.4. The molecule has 4 aliphatic rings. The molecule has 2 saturated heterocycles. The van der Waals surface area contributed by atoms with Crippen LogP contribution >= 0.6 is 0 Å². The number of carboxylic acids is 4. The van der Waals surface area contributed by atoms with Crippen LogP contribution in [0.1, 0.15) is 59.1 Å². The summed E-state index contributed by atoms with van der Waals surface area (Å²) in [5.74, 6) is -6.75. The summed E-state index contributed by atoms with van der Waals surface area (Å²) in [4.78, 5) is 73.2. The van der Waals surface area contributed by atoms with E-state index < -0.39 is 23.9 Å². The molecule has 2 fully saturated rings. The predicted octanol–water partition coefficient (Wildman–Crippen LogP) is 8.21. The van der Waals surface area contributed by atoms with Crippen LogP contribution in [0.3, 0.4) is 0 Å². The molecule has 15 nitrogen and oxygen atoms in total. The maximum atomic E-state index is 13.9. The Hall–Kier alpha value is -7.98. The maximum absolute atomic E-state index is 13.9. The van der Waals surface area contributed by atoms with E-state index >= 15 is 0 Å². The van der Waals surface area contributed by atoms with Gasteiger partial charge < -0.3 is 25.9 Å². The summed E-state index contributed by atoms with van der Waals surface area (Å²) in [6.07, 6.45) is 7.96. The van der Waals surface area contributed by atoms with Crippen molar-refractivity contribution in [2.45, 2.75) is 64.5 Å². The van der Waals surface area contributed by atoms with Gasteiger partial charge in [0.25, 0.3) is 0 Å². The molecule has 2 atom stereocenters. The predicted molar refractivity (Wildman–Crippen MR) is 278 cm³/mol. The number of nitrogens with zero attached hydrogens (tertiary/aromatic N) is 4. The van der Waals surface area contributed by atoms with Crippen molar-refractivity contribution < 1.29 is 54.7 Å². The van der Waals surface area contributed by atoms with E-state index in [1.165, 1.54) is 33.4 Å². The van der Waals surface area contributed by atoms with E-state index in [-0.39, 0.29) is 29.1 Å². The van der Waals surface area contributed by atoms with E-state index in [2.05, 4.69) is 168 Å². The summed E-state index contributed by atoms with van der Waals surface area (Å²) in [6, 6.07) is 54.8. The van der Waals surface area contributed by atoms with Crippen LogP contribution in [0.2, 0.25) is 0 Å². The SMILES string of the molecule is O.O=C(C1CCCN(Cc2ccccc2)C1)N1c2ccccc2CCc2ccccc21.O=C(C1CCCN(Cc2ccccc2)C1)N1c2ccccc2CCc2ccccc21.O=C(O)C(=O)O.O=C(O)C(=O)O. The van der Waals surface area contributed by atoms with Crippen molar-refractivity contribution in [3.8, 4) is 0 Å². The zero-order valence-corrected chi connectivity index (χ0v) is 40.6. The topological polar surface area (TPSA) is 228 Å². The van der Waals surface area contributed by atoms with Crippen molar-refractivity contribution in [3.63, 3.8) is 0 Å². The lowest BCUT2D eigenvalue weighted by Gasteiger charge is -2.35. The van der Waals surface area contributed by atoms with Crippen LogP contribution in [0.25, 0.3) is 0 Å². The van der Waals surface area contributed by atoms with Gasteiger partial charge in [0.15, 0.2) is 0 Å². The Morgan fingerprint density at radius 1 is 0.384 bits per heavy atom. The summed E-state index contributed by atoms with van der Waals surface area (Å²) in [6.45, 7) is 5.61. The number of carbonyl (C=O) groups excluding carboxylic acids is 2. The lowest BCUT2D eigenvalue weighted by atomic mass is 9.95. The fraction of sp³-hybridized carbons (Fsp3) is 0.276. The molecule has 6 N–H and O–H groups in total. The van der Waals surface area contributed by atoms with Gasteiger partial charge in [-0.3, -0.25) is 29.2 Å². The van der Waals surface area contributed by atoms with E-state index in [0.29, 0.717) is 0 Å². The molecular formula is C58H62N4O11. The summed E-state index contributed by atoms with van der Waals surface area (Å²) < 4.78 is 0. The lowest BCUT2D eigenvalue weighted by Crippen LogP contribution is -2.43. The van der Waals surface area contributed by atoms with Gasteiger partial charge in [-0.1, -0.05) is 133 Å². The molecular weight excluding hydrogens is 929 g/mol. The number of piperidine rings is 2. The summed E-state index contributed by atoms with van der Waals surface area (Å²) in [7, 11) is 0. The Kier molecular flexibility index (Phi) is 19.7. The number of aliphatic carboxylic acids is 4. The Morgan fingerprint density at radius 2 is 0.644 bits per heavy atom. The van der Waals surface area contributed by atoms with Gasteiger partial charge in [0.05, 0.1) is 34.6 Å². The lowest BCUT2D eigenvalue weighted by molar-refractivity contribution is -0.159. The van der Waals surface area contributed by atoms with Crippen molar-refractivity contribution in [1.82, 2.24) is 9.80 Å². The number of hydrogen-bond acceptors (Lipinski definition) is 8. The molecule has 0 aromatic heterocycles. The second-order valence-electron chi connectivity index (χ2n) is 18.2. The van der Waals surface area contributed by atoms with Gasteiger partial charge in [-0.2, -0.15) is 0 Å². The Bertz CT molecular complexity index is 2530. The second-order valence-corrected chi connectivity index (χ2v) is 18.2. The molecule has 10 rings (SSSR count). The Labute approximate surface area is 424 Å². The van der Waals surface area contributed by atoms with Crippen molar-refractivity contribution in [3.05, 3.63) is 191 Å². The largest absolute Gasteiger partial charge is 0.473 e. The van der Waals surface area contributed by atoms with E-state index in [1.54, 1.807) is 0 Å². The van der Waals surface area contributed by atoms with Crippen LogP contribution in [0.15, 0.2) is 158 Å². The fourth-order valence-corrected chi connectivity index (χ4v) is 9.88. The van der Waals surface area contributed by atoms with Crippen molar-refractivity contribution in [2.24, 2.45) is 11.8 Å². The Balaban J connectivity index is 0.000000193. The highest BCUT2D eigenvalue weighted by atomic mass is 16.4. The summed E-state index contributed by atoms with van der Waals surface area (Å²) >= 11 is 0. The van der Waals surface area contributed by atoms with Crippen LogP contribution < -0.4 is 9.80 Å². The zero-order chi connectivity index (χ0) is 51.0. The zero-order valence-electron chi connectivity index (χ0n) is 40.6. The highest BCUT2D eigenvalue weighted by Crippen LogP contribution is 2.40. The molecule has 0 radical (unpaired) electrons. The minimum atomic E-state index is -1.82. The quantitative estimate of drug-likeness (QED) is 0.116. The second kappa shape index (κ2) is 26.5. The highest BCUT2D eigenvalue weighted by Gasteiger charge is 2.35. The van der Waals surface area contributed by atoms with Crippen LogP contribution in [0.4, 0.5) is 22.7 Å². The molecule has 0 aliphatic carbocycles. The first-order valence-corrected chi connectivity index (χ1v) is 24.3. The number of amides is 2. The van der Waals surface area contributed by atoms with Crippen LogP contribution in [0.5, 0.6) is 0 Å². The van der Waals surface area contributed by atoms with Crippen LogP contribution in [0, 0.1) is 11.8 Å². The van der Waals surface area contributed by atoms with E-state index in [9.17, 15) is 9.59 Å². The average Bonchev–Trinajstić information content (AvgIpc) is 3.68. The summed E-state index contributed by atoms with van der Waals surface area (Å²) in [5, 5.41) is 29.6. The van der Waals surface area contributed by atoms with Crippen molar-refractivity contribution >= 4 is 58.4 Å². The third kappa shape index (κ3) is 14.6. The molecule has 0 saturated carbocycles. The minimum absolute atomic E-state index is 0. The van der Waals surface area contributed by atoms with Crippen LogP contribution in [-0.2, 0) is 67.5 Å². The molecule has 15 heteroatoms. The fourth-order valence-electron chi connectivity index (χ4n) is 9.88. The van der Waals surface area contributed by atoms with Gasteiger partial charge in [-0.15, -0.1) is 0 Å². The molecule has 2 amide bonds. The van der Waals surface area contributed by atoms with Gasteiger partial charge in [-0.25, -0.2) is 19.2 Å². The van der Waals surface area contributed by atoms with Crippen molar-refractivity contribution in [2.75, 3.05) is 36.0 Å². The number of likely N-dealkylation sites (tertiary alicyclic amines) is 2. The monoisotopic (exact) mass is 990 g/mol. The maximum Gasteiger partial charge on any atom is 0.414 e. The normalized spacial score (nSPS) is 16.8. The van der Waals surface area contributed by atoms with Crippen LogP contribution in [-0.4, -0.2) is 97.6 Å². The summed E-state index contributed by atoms with van der Waals surface area (Å²) in [5.41, 5.74) is 11.9. The highest BCUT2D eigenvalue weighted by molar-refractivity contribution is 6.28.